The number of nitrogens with zero attached hydrogens (tertiary/aromatic N) is 4. The van der Waals surface area contributed by atoms with Gasteiger partial charge in [0.15, 0.2) is 0 Å². The van der Waals surface area contributed by atoms with Crippen LogP contribution in [-0.4, -0.2) is 44.4 Å². The molecule has 1 spiro atoms. The van der Waals surface area contributed by atoms with Crippen molar-refractivity contribution < 1.29 is 22.4 Å². The Hall–Kier alpha value is -3.56. The summed E-state index contributed by atoms with van der Waals surface area (Å²) >= 11 is 0. The Morgan fingerprint density at radius 2 is 1.94 bits per heavy atom. The maximum atomic E-state index is 14.6. The molecule has 35 heavy (non-hydrogen) atoms. The smallest absolute Gasteiger partial charge is 0.365 e. The highest BCUT2D eigenvalue weighted by atomic mass is 19.4. The van der Waals surface area contributed by atoms with Crippen LogP contribution in [0.4, 0.5) is 23.4 Å². The van der Waals surface area contributed by atoms with Crippen LogP contribution in [0, 0.1) is 24.1 Å². The van der Waals surface area contributed by atoms with Gasteiger partial charge in [0, 0.05) is 36.7 Å². The second kappa shape index (κ2) is 7.47. The number of likely N-dealkylation sites (tertiary alicyclic amines) is 1. The number of rotatable bonds is 4. The van der Waals surface area contributed by atoms with Crippen molar-refractivity contribution in [1.82, 2.24) is 19.9 Å². The highest BCUT2D eigenvalue weighted by Crippen LogP contribution is 2.71. The van der Waals surface area contributed by atoms with Crippen LogP contribution in [0.3, 0.4) is 0 Å². The zero-order valence-corrected chi connectivity index (χ0v) is 18.7. The summed E-state index contributed by atoms with van der Waals surface area (Å²) in [6.45, 7) is 2.36. The van der Waals surface area contributed by atoms with Gasteiger partial charge in [0.25, 0.3) is 5.91 Å². The number of piperidine rings is 1. The first-order valence-electron chi connectivity index (χ1n) is 11.4. The van der Waals surface area contributed by atoms with Gasteiger partial charge in [-0.15, -0.1) is 0 Å². The van der Waals surface area contributed by atoms with E-state index in [1.54, 1.807) is 17.9 Å². The first-order valence-corrected chi connectivity index (χ1v) is 11.4. The maximum absolute atomic E-state index is 14.6. The van der Waals surface area contributed by atoms with Gasteiger partial charge in [0.2, 0.25) is 0 Å². The number of aryl methyl sites for hydroxylation is 1. The number of halogens is 4. The summed E-state index contributed by atoms with van der Waals surface area (Å²) in [6, 6.07) is 6.53. The molecule has 0 radical (unpaired) electrons. The number of hydrogen-bond acceptors (Lipinski definition) is 5. The summed E-state index contributed by atoms with van der Waals surface area (Å²) < 4.78 is 53.2. The molecular formula is C25H21F4N5O. The molecule has 3 fully saturated rings. The van der Waals surface area contributed by atoms with Crippen molar-refractivity contribution in [2.75, 3.05) is 11.9 Å². The molecule has 1 aliphatic heterocycles. The van der Waals surface area contributed by atoms with Crippen LogP contribution in [0.5, 0.6) is 0 Å². The van der Waals surface area contributed by atoms with Crippen molar-refractivity contribution in [2.45, 2.75) is 38.0 Å². The molecule has 2 aliphatic carbocycles. The van der Waals surface area contributed by atoms with Crippen LogP contribution >= 0.6 is 0 Å². The number of aromatic nitrogens is 3. The van der Waals surface area contributed by atoms with Crippen LogP contribution in [0.25, 0.3) is 11.3 Å². The third-order valence-corrected chi connectivity index (χ3v) is 7.64. The minimum absolute atomic E-state index is 0.0273. The Morgan fingerprint density at radius 3 is 2.66 bits per heavy atom. The van der Waals surface area contributed by atoms with Gasteiger partial charge in [0.1, 0.15) is 23.0 Å². The Labute approximate surface area is 198 Å². The Morgan fingerprint density at radius 1 is 1.11 bits per heavy atom. The van der Waals surface area contributed by atoms with Crippen molar-refractivity contribution in [3.8, 4) is 11.3 Å². The number of amides is 1. The fourth-order valence-electron chi connectivity index (χ4n) is 5.92. The van der Waals surface area contributed by atoms with Crippen molar-refractivity contribution >= 4 is 11.7 Å². The van der Waals surface area contributed by atoms with Gasteiger partial charge >= 0.3 is 6.18 Å². The Bertz CT molecular complexity index is 1330. The minimum Gasteiger partial charge on any atom is -0.365 e. The van der Waals surface area contributed by atoms with E-state index in [0.717, 1.165) is 25.1 Å². The summed E-state index contributed by atoms with van der Waals surface area (Å²) in [5, 5.41) is 3.22. The highest BCUT2D eigenvalue weighted by molar-refractivity contribution is 6.00. The van der Waals surface area contributed by atoms with Gasteiger partial charge in [-0.05, 0) is 67.0 Å². The van der Waals surface area contributed by atoms with Gasteiger partial charge in [-0.1, -0.05) is 0 Å². The van der Waals surface area contributed by atoms with E-state index in [4.69, 9.17) is 0 Å². The normalized spacial score (nSPS) is 26.5. The molecule has 1 N–H and O–H groups in total. The lowest BCUT2D eigenvalue weighted by Crippen LogP contribution is -2.60. The molecular weight excluding hydrogens is 462 g/mol. The molecule has 3 aromatic rings. The average molecular weight is 483 g/mol. The molecule has 4 atom stereocenters. The fourth-order valence-corrected chi connectivity index (χ4v) is 5.92. The molecule has 180 valence electrons. The molecule has 0 bridgehead atoms. The summed E-state index contributed by atoms with van der Waals surface area (Å²) in [5.74, 6) is -0.110. The van der Waals surface area contributed by atoms with E-state index in [0.29, 0.717) is 29.4 Å². The SMILES string of the molecule is Cc1ccnc(C(=O)N2CC3CC34CC(Nc3ccc(C(F)(F)F)cn3)C24)c1-c1ncccc1F. The Kier molecular flexibility index (Phi) is 4.68. The van der Waals surface area contributed by atoms with Gasteiger partial charge in [0.05, 0.1) is 11.6 Å². The third kappa shape index (κ3) is 3.37. The lowest BCUT2D eigenvalue weighted by atomic mass is 9.71. The molecule has 4 heterocycles. The summed E-state index contributed by atoms with van der Waals surface area (Å²) in [4.78, 5) is 27.9. The van der Waals surface area contributed by atoms with Crippen LogP contribution < -0.4 is 5.32 Å². The standard InChI is InChI=1S/C25H21F4N5O/c1-13-6-8-31-21(19(13)20-16(26)3-2-7-30-20)23(35)34-12-15-9-24(15)10-17(22(24)34)33-18-5-4-14(11-32-18)25(27,28)29/h2-8,11,15,17,22H,9-10,12H2,1H3,(H,32,33). The summed E-state index contributed by atoms with van der Waals surface area (Å²) in [7, 11) is 0. The first-order chi connectivity index (χ1) is 16.7. The monoisotopic (exact) mass is 483 g/mol. The number of hydrogen-bond donors (Lipinski definition) is 1. The first kappa shape index (κ1) is 21.9. The van der Waals surface area contributed by atoms with Crippen molar-refractivity contribution in [1.29, 1.82) is 0 Å². The van der Waals surface area contributed by atoms with E-state index in [-0.39, 0.29) is 34.8 Å². The summed E-state index contributed by atoms with van der Waals surface area (Å²) in [6.07, 6.45) is 1.19. The Balaban J connectivity index is 1.28. The lowest BCUT2D eigenvalue weighted by molar-refractivity contribution is -0.137. The van der Waals surface area contributed by atoms with Gasteiger partial charge in [-0.3, -0.25) is 14.8 Å². The molecule has 4 unspecified atom stereocenters. The predicted octanol–water partition coefficient (Wildman–Crippen LogP) is 4.72. The van der Waals surface area contributed by atoms with Crippen LogP contribution in [0.1, 0.15) is 34.5 Å². The predicted molar refractivity (Wildman–Crippen MR) is 119 cm³/mol. The van der Waals surface area contributed by atoms with Gasteiger partial charge in [-0.25, -0.2) is 9.37 Å². The zero-order valence-electron chi connectivity index (χ0n) is 18.7. The number of carbonyl (C=O) groups excluding carboxylic acids is 1. The highest BCUT2D eigenvalue weighted by Gasteiger charge is 2.75. The number of pyridine rings is 3. The molecule has 6 rings (SSSR count). The van der Waals surface area contributed by atoms with Crippen LogP contribution in [0.2, 0.25) is 0 Å². The second-order valence-corrected chi connectivity index (χ2v) is 9.61. The largest absolute Gasteiger partial charge is 0.417 e. The zero-order chi connectivity index (χ0) is 24.5. The molecule has 10 heteroatoms. The molecule has 3 aromatic heterocycles. The molecule has 1 saturated heterocycles. The van der Waals surface area contributed by atoms with E-state index in [1.807, 2.05) is 0 Å². The molecule has 3 aliphatic rings. The van der Waals surface area contributed by atoms with Crippen molar-refractivity contribution in [3.63, 3.8) is 0 Å². The van der Waals surface area contributed by atoms with E-state index in [1.165, 1.54) is 30.6 Å². The topological polar surface area (TPSA) is 71.0 Å². The number of anilines is 1. The van der Waals surface area contributed by atoms with Crippen LogP contribution in [0.15, 0.2) is 48.9 Å². The molecule has 1 amide bonds. The van der Waals surface area contributed by atoms with Crippen molar-refractivity contribution in [2.24, 2.45) is 11.3 Å². The average Bonchev–Trinajstić information content (AvgIpc) is 3.47. The third-order valence-electron chi connectivity index (χ3n) is 7.64. The molecule has 0 aromatic carbocycles. The summed E-state index contributed by atoms with van der Waals surface area (Å²) in [5.41, 5.74) is 0.512. The number of nitrogens with one attached hydrogen (secondary N) is 1. The number of carbonyl (C=O) groups is 1. The second-order valence-electron chi connectivity index (χ2n) is 9.61. The minimum atomic E-state index is -4.45. The van der Waals surface area contributed by atoms with Gasteiger partial charge < -0.3 is 10.2 Å². The van der Waals surface area contributed by atoms with E-state index < -0.39 is 17.6 Å². The van der Waals surface area contributed by atoms with E-state index in [9.17, 15) is 22.4 Å². The van der Waals surface area contributed by atoms with Gasteiger partial charge in [-0.2, -0.15) is 13.2 Å². The quantitative estimate of drug-likeness (QED) is 0.544. The number of alkyl halides is 3. The maximum Gasteiger partial charge on any atom is 0.417 e. The molecule has 6 nitrogen and oxygen atoms in total. The molecule has 2 saturated carbocycles. The van der Waals surface area contributed by atoms with Crippen molar-refractivity contribution in [3.05, 3.63) is 71.6 Å². The van der Waals surface area contributed by atoms with E-state index >= 15 is 0 Å². The fraction of sp³-hybridized carbons (Fsp3) is 0.360. The van der Waals surface area contributed by atoms with E-state index in [2.05, 4.69) is 20.3 Å². The lowest BCUT2D eigenvalue weighted by Gasteiger charge is -2.48. The van der Waals surface area contributed by atoms with Crippen LogP contribution in [-0.2, 0) is 6.18 Å².